The molecule has 170 valence electrons. The maximum atomic E-state index is 6.04. The van der Waals surface area contributed by atoms with Crippen molar-refractivity contribution in [3.05, 3.63) is 54.6 Å². The van der Waals surface area contributed by atoms with E-state index in [9.17, 15) is 0 Å². The van der Waals surface area contributed by atoms with Crippen molar-refractivity contribution in [1.82, 2.24) is 24.3 Å². The molecule has 0 atom stereocenters. The van der Waals surface area contributed by atoms with Crippen LogP contribution in [-0.2, 0) is 0 Å². The average Bonchev–Trinajstić information content (AvgIpc) is 3.25. The van der Waals surface area contributed by atoms with Gasteiger partial charge in [-0.2, -0.15) is 0 Å². The molecule has 0 unspecified atom stereocenters. The average molecular weight is 445 g/mol. The Morgan fingerprint density at radius 1 is 0.970 bits per heavy atom. The summed E-state index contributed by atoms with van der Waals surface area (Å²) < 4.78 is 7.17. The summed E-state index contributed by atoms with van der Waals surface area (Å²) in [7, 11) is 1.60. The Bertz CT molecular complexity index is 1250. The van der Waals surface area contributed by atoms with Crippen LogP contribution in [-0.4, -0.2) is 43.5 Å². The van der Waals surface area contributed by atoms with Gasteiger partial charge in [0, 0.05) is 30.5 Å². The highest BCUT2D eigenvalue weighted by atomic mass is 16.5. The Balaban J connectivity index is 1.42. The molecule has 5 rings (SSSR count). The molecule has 4 heterocycles. The molecule has 4 aromatic heterocycles. The first-order valence-electron chi connectivity index (χ1n) is 11.2. The fourth-order valence-corrected chi connectivity index (χ4v) is 4.19. The number of ether oxygens (including phenoxy) is 1. The summed E-state index contributed by atoms with van der Waals surface area (Å²) in [5.41, 5.74) is 11.4. The number of nitrogens with two attached hydrogens (primary N) is 1. The molecule has 0 aromatic carbocycles. The Morgan fingerprint density at radius 3 is 2.55 bits per heavy atom. The minimum Gasteiger partial charge on any atom is -0.481 e. The van der Waals surface area contributed by atoms with Crippen molar-refractivity contribution in [2.75, 3.05) is 17.7 Å². The zero-order chi connectivity index (χ0) is 22.8. The number of nitrogens with zero attached hydrogens (tertiary/aromatic N) is 5. The lowest BCUT2D eigenvalue weighted by Crippen LogP contribution is -2.33. The predicted octanol–water partition coefficient (Wildman–Crippen LogP) is 3.93. The number of pyridine rings is 2. The van der Waals surface area contributed by atoms with Crippen molar-refractivity contribution >= 4 is 23.0 Å². The first kappa shape index (κ1) is 21.1. The normalized spacial score (nSPS) is 18.3. The van der Waals surface area contributed by atoms with E-state index in [0.717, 1.165) is 59.7 Å². The van der Waals surface area contributed by atoms with Gasteiger partial charge < -0.3 is 21.1 Å². The second-order valence-electron chi connectivity index (χ2n) is 8.48. The van der Waals surface area contributed by atoms with E-state index < -0.39 is 0 Å². The van der Waals surface area contributed by atoms with E-state index in [1.165, 1.54) is 0 Å². The lowest BCUT2D eigenvalue weighted by molar-refractivity contribution is 0.398. The third kappa shape index (κ3) is 4.58. The molecule has 1 saturated carbocycles. The van der Waals surface area contributed by atoms with E-state index in [2.05, 4.69) is 25.6 Å². The summed E-state index contributed by atoms with van der Waals surface area (Å²) in [5.74, 6) is 1.22. The summed E-state index contributed by atoms with van der Waals surface area (Å²) in [4.78, 5) is 18.2. The van der Waals surface area contributed by atoms with E-state index >= 15 is 0 Å². The number of rotatable bonds is 6. The molecule has 0 radical (unpaired) electrons. The predicted molar refractivity (Wildman–Crippen MR) is 129 cm³/mol. The number of fused-ring (bicyclic) bond motifs is 1. The largest absolute Gasteiger partial charge is 0.481 e. The van der Waals surface area contributed by atoms with Crippen LogP contribution in [0.4, 0.5) is 17.3 Å². The highest BCUT2D eigenvalue weighted by Gasteiger charge is 2.20. The fraction of sp³-hybridized carbons (Fsp3) is 0.333. The number of hydrogen-bond donors (Lipinski definition) is 3. The quantitative estimate of drug-likeness (QED) is 0.410. The number of aryl methyl sites for hydroxylation is 1. The molecule has 4 N–H and O–H groups in total. The Morgan fingerprint density at radius 2 is 1.79 bits per heavy atom. The van der Waals surface area contributed by atoms with Gasteiger partial charge in [-0.25, -0.2) is 19.9 Å². The Labute approximate surface area is 192 Å². The number of hydrogen-bond acceptors (Lipinski definition) is 8. The third-order valence-corrected chi connectivity index (χ3v) is 6.06. The molecule has 33 heavy (non-hydrogen) atoms. The Hall–Kier alpha value is -3.72. The Kier molecular flexibility index (Phi) is 5.78. The van der Waals surface area contributed by atoms with Gasteiger partial charge in [0.15, 0.2) is 0 Å². The molecule has 1 fully saturated rings. The van der Waals surface area contributed by atoms with E-state index in [1.54, 1.807) is 13.3 Å². The topological polar surface area (TPSA) is 115 Å². The molecular formula is C24H28N8O. The van der Waals surface area contributed by atoms with Crippen molar-refractivity contribution in [2.45, 2.75) is 44.7 Å². The van der Waals surface area contributed by atoms with Crippen LogP contribution < -0.4 is 21.1 Å². The van der Waals surface area contributed by atoms with Crippen molar-refractivity contribution in [1.29, 1.82) is 0 Å². The molecule has 0 bridgehead atoms. The number of anilines is 3. The molecule has 9 heteroatoms. The molecule has 4 aromatic rings. The van der Waals surface area contributed by atoms with Crippen LogP contribution >= 0.6 is 0 Å². The molecule has 9 nitrogen and oxygen atoms in total. The molecule has 0 amide bonds. The van der Waals surface area contributed by atoms with Gasteiger partial charge in [-0.05, 0) is 56.4 Å². The molecule has 0 spiro atoms. The second-order valence-corrected chi connectivity index (χ2v) is 8.48. The molecule has 1 aliphatic carbocycles. The minimum absolute atomic E-state index is 0.312. The first-order chi connectivity index (χ1) is 16.1. The third-order valence-electron chi connectivity index (χ3n) is 6.06. The summed E-state index contributed by atoms with van der Waals surface area (Å²) in [6, 6.07) is 8.38. The smallest absolute Gasteiger partial charge is 0.223 e. The highest BCUT2D eigenvalue weighted by molar-refractivity contribution is 5.67. The van der Waals surface area contributed by atoms with Crippen molar-refractivity contribution < 1.29 is 4.74 Å². The van der Waals surface area contributed by atoms with Gasteiger partial charge in [0.05, 0.1) is 42.3 Å². The summed E-state index contributed by atoms with van der Waals surface area (Å²) in [5, 5.41) is 6.87. The van der Waals surface area contributed by atoms with Gasteiger partial charge in [-0.1, -0.05) is 0 Å². The highest BCUT2D eigenvalue weighted by Crippen LogP contribution is 2.27. The van der Waals surface area contributed by atoms with Gasteiger partial charge in [-0.15, -0.1) is 0 Å². The van der Waals surface area contributed by atoms with Crippen LogP contribution in [0.15, 0.2) is 49.1 Å². The maximum absolute atomic E-state index is 6.04. The first-order valence-corrected chi connectivity index (χ1v) is 11.2. The lowest BCUT2D eigenvalue weighted by atomic mass is 9.92. The van der Waals surface area contributed by atoms with Crippen LogP contribution in [0.2, 0.25) is 0 Å². The van der Waals surface area contributed by atoms with Crippen LogP contribution in [0, 0.1) is 6.92 Å². The summed E-state index contributed by atoms with van der Waals surface area (Å²) in [6.07, 6.45) is 11.6. The van der Waals surface area contributed by atoms with Crippen molar-refractivity contribution in [2.24, 2.45) is 5.73 Å². The SMILES string of the molecule is COc1ccc(Nc2ccc3ncc(-c4nc(NC5CCC(N)CC5)ncc4C)n3c2)cn1. The fourth-order valence-electron chi connectivity index (χ4n) is 4.19. The van der Waals surface area contributed by atoms with Gasteiger partial charge in [0.2, 0.25) is 11.8 Å². The van der Waals surface area contributed by atoms with E-state index in [1.807, 2.05) is 54.2 Å². The second kappa shape index (κ2) is 9.03. The monoisotopic (exact) mass is 444 g/mol. The standard InChI is InChI=1S/C24H28N8O/c1-15-11-28-24(30-17-5-3-16(25)4-6-17)31-23(15)20-13-26-21-9-7-19(14-32(20)21)29-18-8-10-22(33-2)27-12-18/h7-14,16-17,29H,3-6,25H2,1-2H3,(H,28,30,31). The van der Waals surface area contributed by atoms with Gasteiger partial charge in [-0.3, -0.25) is 4.40 Å². The number of nitrogens with one attached hydrogen (secondary N) is 2. The summed E-state index contributed by atoms with van der Waals surface area (Å²) >= 11 is 0. The van der Waals surface area contributed by atoms with Crippen LogP contribution in [0.5, 0.6) is 5.88 Å². The lowest BCUT2D eigenvalue weighted by Gasteiger charge is -2.26. The maximum Gasteiger partial charge on any atom is 0.223 e. The van der Waals surface area contributed by atoms with Crippen LogP contribution in [0.25, 0.3) is 17.0 Å². The van der Waals surface area contributed by atoms with Crippen LogP contribution in [0.3, 0.4) is 0 Å². The zero-order valence-corrected chi connectivity index (χ0v) is 18.8. The number of aromatic nitrogens is 5. The summed E-state index contributed by atoms with van der Waals surface area (Å²) in [6.45, 7) is 2.02. The van der Waals surface area contributed by atoms with E-state index in [4.69, 9.17) is 15.5 Å². The molecular weight excluding hydrogens is 416 g/mol. The van der Waals surface area contributed by atoms with Gasteiger partial charge in [0.25, 0.3) is 0 Å². The van der Waals surface area contributed by atoms with Gasteiger partial charge >= 0.3 is 0 Å². The molecule has 0 saturated heterocycles. The van der Waals surface area contributed by atoms with E-state index in [0.29, 0.717) is 23.9 Å². The minimum atomic E-state index is 0.312. The van der Waals surface area contributed by atoms with Crippen molar-refractivity contribution in [3.8, 4) is 17.3 Å². The molecule has 1 aliphatic rings. The van der Waals surface area contributed by atoms with E-state index in [-0.39, 0.29) is 0 Å². The van der Waals surface area contributed by atoms with Gasteiger partial charge in [0.1, 0.15) is 5.65 Å². The number of methoxy groups -OCH3 is 1. The number of imidazole rings is 1. The molecule has 0 aliphatic heterocycles. The van der Waals surface area contributed by atoms with Crippen LogP contribution in [0.1, 0.15) is 31.2 Å². The van der Waals surface area contributed by atoms with Crippen molar-refractivity contribution in [3.63, 3.8) is 0 Å². The zero-order valence-electron chi connectivity index (χ0n) is 18.8.